The highest BCUT2D eigenvalue weighted by molar-refractivity contribution is 9.10. The van der Waals surface area contributed by atoms with Gasteiger partial charge in [-0.15, -0.1) is 0 Å². The topological polar surface area (TPSA) is 76.1 Å². The molecule has 2 rings (SSSR count). The summed E-state index contributed by atoms with van der Waals surface area (Å²) in [5.41, 5.74) is 6.83. The number of carbonyl (C=O) groups is 1. The Morgan fingerprint density at radius 2 is 2.10 bits per heavy atom. The molecule has 0 aliphatic heterocycles. The quantitative estimate of drug-likeness (QED) is 0.681. The van der Waals surface area contributed by atoms with E-state index in [0.717, 1.165) is 0 Å². The zero-order chi connectivity index (χ0) is 15.4. The molecule has 0 radical (unpaired) electrons. The molecule has 0 unspecified atom stereocenters. The number of ether oxygens (including phenoxy) is 1. The molecule has 106 valence electrons. The maximum atomic E-state index is 13.2. The van der Waals surface area contributed by atoms with E-state index in [9.17, 15) is 9.18 Å². The van der Waals surface area contributed by atoms with Gasteiger partial charge in [-0.25, -0.2) is 9.18 Å². The van der Waals surface area contributed by atoms with Crippen molar-refractivity contribution in [1.29, 1.82) is 5.26 Å². The summed E-state index contributed by atoms with van der Waals surface area (Å²) < 4.78 is 19.0. The van der Waals surface area contributed by atoms with Crippen LogP contribution in [0.25, 0.3) is 0 Å². The molecule has 21 heavy (non-hydrogen) atoms. The summed E-state index contributed by atoms with van der Waals surface area (Å²) in [7, 11) is 0. The molecular weight excluding hydrogens is 339 g/mol. The van der Waals surface area contributed by atoms with E-state index in [2.05, 4.69) is 15.9 Å². The molecule has 0 heterocycles. The highest BCUT2D eigenvalue weighted by Crippen LogP contribution is 2.18. The first-order chi connectivity index (χ1) is 9.99. The average molecular weight is 349 g/mol. The summed E-state index contributed by atoms with van der Waals surface area (Å²) >= 11 is 3.24. The van der Waals surface area contributed by atoms with E-state index in [1.807, 2.05) is 0 Å². The molecule has 0 aliphatic rings. The highest BCUT2D eigenvalue weighted by Gasteiger charge is 2.10. The largest absolute Gasteiger partial charge is 0.457 e. The molecular formula is C15H10BrFN2O2. The van der Waals surface area contributed by atoms with Gasteiger partial charge in [-0.3, -0.25) is 0 Å². The predicted molar refractivity (Wildman–Crippen MR) is 78.8 cm³/mol. The highest BCUT2D eigenvalue weighted by atomic mass is 79.9. The fourth-order valence-electron chi connectivity index (χ4n) is 1.71. The van der Waals surface area contributed by atoms with Crippen LogP contribution < -0.4 is 5.73 Å². The van der Waals surface area contributed by atoms with E-state index in [4.69, 9.17) is 15.7 Å². The number of rotatable bonds is 3. The van der Waals surface area contributed by atoms with Crippen LogP contribution in [0, 0.1) is 17.1 Å². The lowest BCUT2D eigenvalue weighted by Gasteiger charge is -2.07. The molecule has 0 bridgehead atoms. The van der Waals surface area contributed by atoms with Crippen LogP contribution in [0.1, 0.15) is 21.5 Å². The lowest BCUT2D eigenvalue weighted by Crippen LogP contribution is -2.06. The van der Waals surface area contributed by atoms with E-state index in [-0.39, 0.29) is 12.2 Å². The van der Waals surface area contributed by atoms with Crippen LogP contribution in [0.5, 0.6) is 0 Å². The van der Waals surface area contributed by atoms with Gasteiger partial charge in [0.05, 0.1) is 11.1 Å². The van der Waals surface area contributed by atoms with Crippen molar-refractivity contribution in [2.75, 3.05) is 5.73 Å². The van der Waals surface area contributed by atoms with Crippen LogP contribution in [0.15, 0.2) is 40.9 Å². The molecule has 0 aliphatic carbocycles. The van der Waals surface area contributed by atoms with Gasteiger partial charge in [-0.05, 0) is 35.9 Å². The van der Waals surface area contributed by atoms with Crippen molar-refractivity contribution in [2.45, 2.75) is 6.61 Å². The molecule has 0 spiro atoms. The standard InChI is InChI=1S/C15H10BrFN2O2/c16-12-4-10(5-13(19)6-12)15(20)21-8-9-1-2-14(17)11(3-9)7-18/h1-6H,8,19H2. The Labute approximate surface area is 129 Å². The second-order valence-corrected chi connectivity index (χ2v) is 5.19. The molecule has 0 saturated heterocycles. The summed E-state index contributed by atoms with van der Waals surface area (Å²) in [4.78, 5) is 11.9. The molecule has 6 heteroatoms. The van der Waals surface area contributed by atoms with E-state index >= 15 is 0 Å². The van der Waals surface area contributed by atoms with E-state index in [1.165, 1.54) is 24.3 Å². The number of benzene rings is 2. The van der Waals surface area contributed by atoms with Crippen molar-refractivity contribution in [2.24, 2.45) is 0 Å². The van der Waals surface area contributed by atoms with Gasteiger partial charge in [0.1, 0.15) is 18.5 Å². The normalized spacial score (nSPS) is 9.95. The zero-order valence-electron chi connectivity index (χ0n) is 10.8. The number of nitriles is 1. The van der Waals surface area contributed by atoms with Crippen LogP contribution in [0.3, 0.4) is 0 Å². The van der Waals surface area contributed by atoms with Gasteiger partial charge >= 0.3 is 5.97 Å². The SMILES string of the molecule is N#Cc1cc(COC(=O)c2cc(N)cc(Br)c2)ccc1F. The van der Waals surface area contributed by atoms with Gasteiger partial charge in [0.15, 0.2) is 0 Å². The van der Waals surface area contributed by atoms with Crippen molar-refractivity contribution in [3.63, 3.8) is 0 Å². The number of nitrogen functional groups attached to an aromatic ring is 1. The predicted octanol–water partition coefficient (Wildman–Crippen LogP) is 3.40. The summed E-state index contributed by atoms with van der Waals surface area (Å²) in [6.07, 6.45) is 0. The number of carbonyl (C=O) groups excluding carboxylic acids is 1. The molecule has 2 N–H and O–H groups in total. The van der Waals surface area contributed by atoms with Crippen molar-refractivity contribution < 1.29 is 13.9 Å². The molecule has 0 fully saturated rings. The summed E-state index contributed by atoms with van der Waals surface area (Å²) in [5.74, 6) is -1.15. The van der Waals surface area contributed by atoms with Gasteiger partial charge in [0, 0.05) is 10.2 Å². The lowest BCUT2D eigenvalue weighted by atomic mass is 10.1. The third-order valence-corrected chi connectivity index (χ3v) is 3.13. The molecule has 0 atom stereocenters. The van der Waals surface area contributed by atoms with Crippen molar-refractivity contribution in [3.8, 4) is 6.07 Å². The van der Waals surface area contributed by atoms with Crippen molar-refractivity contribution >= 4 is 27.6 Å². The number of hydrogen-bond donors (Lipinski definition) is 1. The maximum absolute atomic E-state index is 13.2. The second kappa shape index (κ2) is 6.37. The van der Waals surface area contributed by atoms with Crippen LogP contribution in [-0.2, 0) is 11.3 Å². The van der Waals surface area contributed by atoms with Gasteiger partial charge in [-0.1, -0.05) is 22.0 Å². The van der Waals surface area contributed by atoms with Gasteiger partial charge in [-0.2, -0.15) is 5.26 Å². The number of nitrogens with two attached hydrogens (primary N) is 1. The fourth-order valence-corrected chi connectivity index (χ4v) is 2.22. The molecule has 4 nitrogen and oxygen atoms in total. The van der Waals surface area contributed by atoms with Crippen LogP contribution in [0.2, 0.25) is 0 Å². The Morgan fingerprint density at radius 1 is 1.33 bits per heavy atom. The molecule has 0 amide bonds. The number of hydrogen-bond acceptors (Lipinski definition) is 4. The second-order valence-electron chi connectivity index (χ2n) is 4.28. The monoisotopic (exact) mass is 348 g/mol. The Kier molecular flexibility index (Phi) is 4.55. The molecule has 0 saturated carbocycles. The number of anilines is 1. The summed E-state index contributed by atoms with van der Waals surface area (Å²) in [5, 5.41) is 8.74. The summed E-state index contributed by atoms with van der Waals surface area (Å²) in [6.45, 7) is -0.0553. The average Bonchev–Trinajstić information content (AvgIpc) is 2.45. The Bertz CT molecular complexity index is 721. The third-order valence-electron chi connectivity index (χ3n) is 2.68. The Balaban J connectivity index is 2.09. The minimum Gasteiger partial charge on any atom is -0.457 e. The van der Waals surface area contributed by atoms with E-state index in [0.29, 0.717) is 21.3 Å². The van der Waals surface area contributed by atoms with E-state index in [1.54, 1.807) is 18.2 Å². The van der Waals surface area contributed by atoms with Crippen molar-refractivity contribution in [3.05, 3.63) is 63.4 Å². The van der Waals surface area contributed by atoms with Crippen molar-refractivity contribution in [1.82, 2.24) is 0 Å². The van der Waals surface area contributed by atoms with Gasteiger partial charge in [0.25, 0.3) is 0 Å². The first kappa shape index (κ1) is 15.0. The molecule has 2 aromatic carbocycles. The number of nitrogens with zero attached hydrogens (tertiary/aromatic N) is 1. The number of esters is 1. The molecule has 2 aromatic rings. The molecule has 0 aromatic heterocycles. The first-order valence-corrected chi connectivity index (χ1v) is 6.70. The fraction of sp³-hybridized carbons (Fsp3) is 0.0667. The maximum Gasteiger partial charge on any atom is 0.338 e. The van der Waals surface area contributed by atoms with E-state index < -0.39 is 11.8 Å². The Hall–Kier alpha value is -2.39. The minimum atomic E-state index is -0.604. The summed E-state index contributed by atoms with van der Waals surface area (Å²) in [6, 6.07) is 10.4. The third kappa shape index (κ3) is 3.80. The first-order valence-electron chi connectivity index (χ1n) is 5.91. The smallest absolute Gasteiger partial charge is 0.338 e. The number of halogens is 2. The van der Waals surface area contributed by atoms with Crippen LogP contribution >= 0.6 is 15.9 Å². The van der Waals surface area contributed by atoms with Gasteiger partial charge in [0.2, 0.25) is 0 Å². The zero-order valence-corrected chi connectivity index (χ0v) is 12.4. The lowest BCUT2D eigenvalue weighted by molar-refractivity contribution is 0.0472. The van der Waals surface area contributed by atoms with Crippen LogP contribution in [0.4, 0.5) is 10.1 Å². The minimum absolute atomic E-state index is 0.0553. The Morgan fingerprint density at radius 3 is 2.76 bits per heavy atom. The van der Waals surface area contributed by atoms with Gasteiger partial charge < -0.3 is 10.5 Å². The van der Waals surface area contributed by atoms with Crippen LogP contribution in [-0.4, -0.2) is 5.97 Å².